The summed E-state index contributed by atoms with van der Waals surface area (Å²) in [6.45, 7) is 5.28. The highest BCUT2D eigenvalue weighted by Gasteiger charge is 2.07. The van der Waals surface area contributed by atoms with Gasteiger partial charge in [0.05, 0.1) is 0 Å². The second kappa shape index (κ2) is 6.36. The summed E-state index contributed by atoms with van der Waals surface area (Å²) < 4.78 is 0. The fourth-order valence-corrected chi connectivity index (χ4v) is 2.13. The van der Waals surface area contributed by atoms with Gasteiger partial charge in [-0.2, -0.15) is 0 Å². The third-order valence-corrected chi connectivity index (χ3v) is 3.28. The highest BCUT2D eigenvalue weighted by Crippen LogP contribution is 2.17. The Kier molecular flexibility index (Phi) is 4.54. The summed E-state index contributed by atoms with van der Waals surface area (Å²) in [4.78, 5) is 0. The van der Waals surface area contributed by atoms with Gasteiger partial charge in [-0.1, -0.05) is 67.1 Å². The summed E-state index contributed by atoms with van der Waals surface area (Å²) in [7, 11) is 0. The molecular formula is C17H21N. The second-order valence-corrected chi connectivity index (χ2v) is 4.74. The standard InChI is InChI=1S/C17H21N/c1-3-17(16-11-9-14(2)10-12-16)18-13-15-7-5-4-6-8-15/h4-12,17-18H,3,13H2,1-2H3. The van der Waals surface area contributed by atoms with E-state index in [1.165, 1.54) is 16.7 Å². The van der Waals surface area contributed by atoms with Crippen molar-refractivity contribution in [3.63, 3.8) is 0 Å². The van der Waals surface area contributed by atoms with Crippen LogP contribution in [0, 0.1) is 6.92 Å². The van der Waals surface area contributed by atoms with Crippen LogP contribution < -0.4 is 5.32 Å². The first-order valence-corrected chi connectivity index (χ1v) is 6.63. The topological polar surface area (TPSA) is 12.0 Å². The fraction of sp³-hybridized carbons (Fsp3) is 0.294. The Labute approximate surface area is 110 Å². The van der Waals surface area contributed by atoms with Gasteiger partial charge < -0.3 is 5.32 Å². The van der Waals surface area contributed by atoms with Crippen LogP contribution in [0.3, 0.4) is 0 Å². The lowest BCUT2D eigenvalue weighted by molar-refractivity contribution is 0.519. The predicted octanol–water partition coefficient (Wildman–Crippen LogP) is 4.24. The molecule has 18 heavy (non-hydrogen) atoms. The molecule has 0 aromatic heterocycles. The summed E-state index contributed by atoms with van der Waals surface area (Å²) in [5.74, 6) is 0. The van der Waals surface area contributed by atoms with Crippen molar-refractivity contribution >= 4 is 0 Å². The first-order chi connectivity index (χ1) is 8.79. The number of benzene rings is 2. The maximum Gasteiger partial charge on any atom is 0.0320 e. The van der Waals surface area contributed by atoms with Crippen LogP contribution in [0.4, 0.5) is 0 Å². The summed E-state index contributed by atoms with van der Waals surface area (Å²) in [6.07, 6.45) is 1.11. The molecule has 2 aromatic carbocycles. The van der Waals surface area contributed by atoms with Crippen LogP contribution in [0.15, 0.2) is 54.6 Å². The maximum atomic E-state index is 3.62. The molecule has 0 aliphatic carbocycles. The molecule has 0 aliphatic rings. The second-order valence-electron chi connectivity index (χ2n) is 4.74. The predicted molar refractivity (Wildman–Crippen MR) is 77.5 cm³/mol. The zero-order valence-electron chi connectivity index (χ0n) is 11.2. The number of nitrogens with one attached hydrogen (secondary N) is 1. The van der Waals surface area contributed by atoms with E-state index in [2.05, 4.69) is 73.8 Å². The molecule has 1 atom stereocenters. The number of rotatable bonds is 5. The lowest BCUT2D eigenvalue weighted by Gasteiger charge is -2.17. The van der Waals surface area contributed by atoms with Gasteiger partial charge in [0.2, 0.25) is 0 Å². The van der Waals surface area contributed by atoms with Gasteiger partial charge in [0, 0.05) is 12.6 Å². The third kappa shape index (κ3) is 3.44. The van der Waals surface area contributed by atoms with Gasteiger partial charge in [0.15, 0.2) is 0 Å². The molecule has 0 aliphatic heterocycles. The minimum atomic E-state index is 0.436. The van der Waals surface area contributed by atoms with Crippen LogP contribution in [-0.4, -0.2) is 0 Å². The molecule has 1 N–H and O–H groups in total. The smallest absolute Gasteiger partial charge is 0.0320 e. The van der Waals surface area contributed by atoms with E-state index >= 15 is 0 Å². The Morgan fingerprint density at radius 1 is 0.944 bits per heavy atom. The van der Waals surface area contributed by atoms with Crippen molar-refractivity contribution in [1.29, 1.82) is 0 Å². The van der Waals surface area contributed by atoms with Crippen molar-refractivity contribution in [2.75, 3.05) is 0 Å². The van der Waals surface area contributed by atoms with Gasteiger partial charge in [-0.05, 0) is 24.5 Å². The summed E-state index contributed by atoms with van der Waals surface area (Å²) in [5.41, 5.74) is 4.03. The minimum absolute atomic E-state index is 0.436. The Morgan fingerprint density at radius 2 is 1.61 bits per heavy atom. The zero-order chi connectivity index (χ0) is 12.8. The van der Waals surface area contributed by atoms with Gasteiger partial charge in [0.1, 0.15) is 0 Å². The molecule has 1 heteroatoms. The first kappa shape index (κ1) is 12.8. The zero-order valence-corrected chi connectivity index (χ0v) is 11.2. The van der Waals surface area contributed by atoms with Crippen LogP contribution in [-0.2, 0) is 6.54 Å². The molecule has 2 rings (SSSR count). The monoisotopic (exact) mass is 239 g/mol. The Bertz CT molecular complexity index is 459. The van der Waals surface area contributed by atoms with Gasteiger partial charge >= 0.3 is 0 Å². The van der Waals surface area contributed by atoms with E-state index in [-0.39, 0.29) is 0 Å². The largest absolute Gasteiger partial charge is 0.306 e. The van der Waals surface area contributed by atoms with Crippen LogP contribution in [0.2, 0.25) is 0 Å². The molecule has 1 unspecified atom stereocenters. The van der Waals surface area contributed by atoms with Crippen LogP contribution in [0.25, 0.3) is 0 Å². The van der Waals surface area contributed by atoms with E-state index in [1.807, 2.05) is 0 Å². The maximum absolute atomic E-state index is 3.62. The van der Waals surface area contributed by atoms with Gasteiger partial charge in [0.25, 0.3) is 0 Å². The van der Waals surface area contributed by atoms with E-state index in [0.717, 1.165) is 13.0 Å². The summed E-state index contributed by atoms with van der Waals surface area (Å²) >= 11 is 0. The summed E-state index contributed by atoms with van der Waals surface area (Å²) in [6, 6.07) is 19.8. The molecule has 0 radical (unpaired) electrons. The molecule has 0 amide bonds. The van der Waals surface area contributed by atoms with Crippen LogP contribution in [0.5, 0.6) is 0 Å². The molecular weight excluding hydrogens is 218 g/mol. The quantitative estimate of drug-likeness (QED) is 0.823. The Morgan fingerprint density at radius 3 is 2.22 bits per heavy atom. The van der Waals surface area contributed by atoms with Gasteiger partial charge in [-0.3, -0.25) is 0 Å². The minimum Gasteiger partial charge on any atom is -0.306 e. The molecule has 0 spiro atoms. The van der Waals surface area contributed by atoms with Crippen molar-refractivity contribution in [1.82, 2.24) is 5.32 Å². The van der Waals surface area contributed by atoms with Crippen LogP contribution >= 0.6 is 0 Å². The molecule has 1 nitrogen and oxygen atoms in total. The fourth-order valence-electron chi connectivity index (χ4n) is 2.13. The highest BCUT2D eigenvalue weighted by atomic mass is 14.9. The van der Waals surface area contributed by atoms with Crippen molar-refractivity contribution in [2.45, 2.75) is 32.9 Å². The van der Waals surface area contributed by atoms with Crippen molar-refractivity contribution < 1.29 is 0 Å². The molecule has 94 valence electrons. The Balaban J connectivity index is 1.99. The molecule has 0 fully saturated rings. The molecule has 0 bridgehead atoms. The SMILES string of the molecule is CCC(NCc1ccccc1)c1ccc(C)cc1. The highest BCUT2D eigenvalue weighted by molar-refractivity contribution is 5.24. The van der Waals surface area contributed by atoms with Crippen molar-refractivity contribution in [2.24, 2.45) is 0 Å². The average Bonchev–Trinajstić information content (AvgIpc) is 2.42. The molecule has 0 saturated heterocycles. The average molecular weight is 239 g/mol. The third-order valence-electron chi connectivity index (χ3n) is 3.28. The molecule has 0 saturated carbocycles. The lowest BCUT2D eigenvalue weighted by Crippen LogP contribution is -2.20. The summed E-state index contributed by atoms with van der Waals surface area (Å²) in [5, 5.41) is 3.62. The lowest BCUT2D eigenvalue weighted by atomic mass is 10.0. The van der Waals surface area contributed by atoms with Crippen molar-refractivity contribution in [3.8, 4) is 0 Å². The molecule has 0 heterocycles. The van der Waals surface area contributed by atoms with E-state index in [1.54, 1.807) is 0 Å². The number of hydrogen-bond acceptors (Lipinski definition) is 1. The van der Waals surface area contributed by atoms with E-state index in [0.29, 0.717) is 6.04 Å². The Hall–Kier alpha value is -1.60. The first-order valence-electron chi connectivity index (χ1n) is 6.63. The van der Waals surface area contributed by atoms with Gasteiger partial charge in [-0.15, -0.1) is 0 Å². The number of hydrogen-bond donors (Lipinski definition) is 1. The van der Waals surface area contributed by atoms with E-state index in [9.17, 15) is 0 Å². The number of aryl methyl sites for hydroxylation is 1. The van der Waals surface area contributed by atoms with E-state index in [4.69, 9.17) is 0 Å². The van der Waals surface area contributed by atoms with E-state index < -0.39 is 0 Å². The van der Waals surface area contributed by atoms with Crippen molar-refractivity contribution in [3.05, 3.63) is 71.3 Å². The van der Waals surface area contributed by atoms with Crippen LogP contribution in [0.1, 0.15) is 36.1 Å². The van der Waals surface area contributed by atoms with Gasteiger partial charge in [-0.25, -0.2) is 0 Å². The normalized spacial score (nSPS) is 12.3. The molecule has 2 aromatic rings.